The number of carbonyl (C=O) groups is 1. The second kappa shape index (κ2) is 6.76. The molecule has 1 atom stereocenters. The van der Waals surface area contributed by atoms with E-state index in [-0.39, 0.29) is 11.0 Å². The molecule has 6 nitrogen and oxygen atoms in total. The minimum Gasteiger partial charge on any atom is -0.360 e. The van der Waals surface area contributed by atoms with E-state index >= 15 is 0 Å². The number of nitrogens with one attached hydrogen (secondary N) is 1. The molecule has 0 amide bonds. The Hall–Kier alpha value is -2.93. The summed E-state index contributed by atoms with van der Waals surface area (Å²) < 4.78 is 1.89. The molecule has 1 aromatic carbocycles. The third-order valence-electron chi connectivity index (χ3n) is 4.26. The Labute approximate surface area is 154 Å². The standard InChI is InChI=1S/C19H17N5OS/c1-12(17(25)15-11-21-16-8-4-3-7-14(15)16)26-19-23-22-18(24(19)2)13-6-5-9-20-10-13/h3-12,21H,1-2H3/t12-/m0/s1. The van der Waals surface area contributed by atoms with Crippen LogP contribution >= 0.6 is 11.8 Å². The van der Waals surface area contributed by atoms with Crippen LogP contribution in [0.2, 0.25) is 0 Å². The van der Waals surface area contributed by atoms with E-state index in [0.717, 1.165) is 22.3 Å². The van der Waals surface area contributed by atoms with Gasteiger partial charge in [-0.2, -0.15) is 0 Å². The Morgan fingerprint density at radius 1 is 1.19 bits per heavy atom. The molecule has 0 radical (unpaired) electrons. The number of H-pyrrole nitrogens is 1. The SMILES string of the molecule is C[C@H](Sc1nnc(-c2cccnc2)n1C)C(=O)c1c[nH]c2ccccc12. The van der Waals surface area contributed by atoms with E-state index in [4.69, 9.17) is 0 Å². The molecule has 0 unspecified atom stereocenters. The molecule has 0 aliphatic rings. The lowest BCUT2D eigenvalue weighted by molar-refractivity contribution is 0.0995. The van der Waals surface area contributed by atoms with Gasteiger partial charge in [0.15, 0.2) is 16.8 Å². The van der Waals surface area contributed by atoms with Crippen molar-refractivity contribution in [1.29, 1.82) is 0 Å². The first-order valence-electron chi connectivity index (χ1n) is 8.22. The lowest BCUT2D eigenvalue weighted by atomic mass is 10.1. The summed E-state index contributed by atoms with van der Waals surface area (Å²) in [5.41, 5.74) is 2.56. The Balaban J connectivity index is 1.58. The van der Waals surface area contributed by atoms with E-state index in [0.29, 0.717) is 10.7 Å². The third-order valence-corrected chi connectivity index (χ3v) is 5.39. The molecular formula is C19H17N5OS. The van der Waals surface area contributed by atoms with Gasteiger partial charge in [-0.15, -0.1) is 10.2 Å². The topological polar surface area (TPSA) is 76.5 Å². The molecule has 4 aromatic rings. The molecule has 0 saturated heterocycles. The van der Waals surface area contributed by atoms with E-state index in [1.165, 1.54) is 11.8 Å². The van der Waals surface area contributed by atoms with Gasteiger partial charge in [-0.05, 0) is 25.1 Å². The second-order valence-corrected chi connectivity index (χ2v) is 7.29. The number of thioether (sulfide) groups is 1. The minimum absolute atomic E-state index is 0.0679. The van der Waals surface area contributed by atoms with Gasteiger partial charge in [-0.3, -0.25) is 9.78 Å². The van der Waals surface area contributed by atoms with Crippen molar-refractivity contribution in [2.75, 3.05) is 0 Å². The zero-order valence-corrected chi connectivity index (χ0v) is 15.2. The van der Waals surface area contributed by atoms with Crippen LogP contribution in [0.4, 0.5) is 0 Å². The molecule has 0 bridgehead atoms. The van der Waals surface area contributed by atoms with Gasteiger partial charge in [0.25, 0.3) is 0 Å². The first-order valence-corrected chi connectivity index (χ1v) is 9.10. The van der Waals surface area contributed by atoms with Gasteiger partial charge in [0, 0.05) is 47.7 Å². The maximum atomic E-state index is 12.9. The maximum absolute atomic E-state index is 12.9. The fraction of sp³-hybridized carbons (Fsp3) is 0.158. The highest BCUT2D eigenvalue weighted by atomic mass is 32.2. The monoisotopic (exact) mass is 363 g/mol. The fourth-order valence-electron chi connectivity index (χ4n) is 2.87. The van der Waals surface area contributed by atoms with Gasteiger partial charge in [-0.25, -0.2) is 0 Å². The first-order chi connectivity index (χ1) is 12.6. The number of para-hydroxylation sites is 1. The van der Waals surface area contributed by atoms with Crippen molar-refractivity contribution in [3.05, 3.63) is 60.6 Å². The molecular weight excluding hydrogens is 346 g/mol. The number of hydrogen-bond acceptors (Lipinski definition) is 5. The van der Waals surface area contributed by atoms with Crippen LogP contribution in [-0.2, 0) is 7.05 Å². The Bertz CT molecular complexity index is 1070. The number of carbonyl (C=O) groups excluding carboxylic acids is 1. The van der Waals surface area contributed by atoms with Gasteiger partial charge in [-0.1, -0.05) is 30.0 Å². The number of nitrogens with zero attached hydrogens (tertiary/aromatic N) is 4. The van der Waals surface area contributed by atoms with Crippen LogP contribution < -0.4 is 0 Å². The van der Waals surface area contributed by atoms with E-state index < -0.39 is 0 Å². The molecule has 0 aliphatic carbocycles. The van der Waals surface area contributed by atoms with Crippen molar-refractivity contribution in [2.24, 2.45) is 7.05 Å². The lowest BCUT2D eigenvalue weighted by Gasteiger charge is -2.09. The minimum atomic E-state index is -0.279. The molecule has 0 fully saturated rings. The lowest BCUT2D eigenvalue weighted by Crippen LogP contribution is -2.14. The van der Waals surface area contributed by atoms with Crippen molar-refractivity contribution >= 4 is 28.4 Å². The molecule has 1 N–H and O–H groups in total. The van der Waals surface area contributed by atoms with Crippen LogP contribution in [-0.4, -0.2) is 35.8 Å². The normalized spacial score (nSPS) is 12.4. The smallest absolute Gasteiger partial charge is 0.191 e. The number of Topliss-reactive ketones (excluding diaryl/α,β-unsaturated/α-hetero) is 1. The van der Waals surface area contributed by atoms with Crippen LogP contribution in [0, 0.1) is 0 Å². The molecule has 7 heteroatoms. The molecule has 3 aromatic heterocycles. The number of ketones is 1. The predicted molar refractivity (Wildman–Crippen MR) is 102 cm³/mol. The summed E-state index contributed by atoms with van der Waals surface area (Å²) in [5.74, 6) is 0.797. The third kappa shape index (κ3) is 2.90. The largest absolute Gasteiger partial charge is 0.360 e. The molecule has 3 heterocycles. The summed E-state index contributed by atoms with van der Waals surface area (Å²) >= 11 is 1.41. The molecule has 130 valence electrons. The number of pyridine rings is 1. The van der Waals surface area contributed by atoms with Gasteiger partial charge in [0.05, 0.1) is 5.25 Å². The number of rotatable bonds is 5. The number of aromatic amines is 1. The number of fused-ring (bicyclic) bond motifs is 1. The number of hydrogen-bond donors (Lipinski definition) is 1. The van der Waals surface area contributed by atoms with Crippen LogP contribution in [0.3, 0.4) is 0 Å². The van der Waals surface area contributed by atoms with Crippen LogP contribution in [0.15, 0.2) is 60.1 Å². The quantitative estimate of drug-likeness (QED) is 0.432. The summed E-state index contributed by atoms with van der Waals surface area (Å²) in [6.45, 7) is 1.90. The summed E-state index contributed by atoms with van der Waals surface area (Å²) in [7, 11) is 1.90. The summed E-state index contributed by atoms with van der Waals surface area (Å²) in [6, 6.07) is 11.6. The van der Waals surface area contributed by atoms with Crippen molar-refractivity contribution < 1.29 is 4.79 Å². The highest BCUT2D eigenvalue weighted by Crippen LogP contribution is 2.29. The average molecular weight is 363 g/mol. The molecule has 0 aliphatic heterocycles. The molecule has 0 spiro atoms. The fourth-order valence-corrected chi connectivity index (χ4v) is 3.75. The van der Waals surface area contributed by atoms with Gasteiger partial charge >= 0.3 is 0 Å². The summed E-state index contributed by atoms with van der Waals surface area (Å²) in [4.78, 5) is 20.2. The Morgan fingerprint density at radius 2 is 2.04 bits per heavy atom. The van der Waals surface area contributed by atoms with Gasteiger partial charge in [0.1, 0.15) is 0 Å². The Kier molecular flexibility index (Phi) is 4.30. The molecule has 4 rings (SSSR count). The van der Waals surface area contributed by atoms with E-state index in [9.17, 15) is 4.79 Å². The van der Waals surface area contributed by atoms with Crippen molar-refractivity contribution in [1.82, 2.24) is 24.7 Å². The highest BCUT2D eigenvalue weighted by molar-refractivity contribution is 8.00. The van der Waals surface area contributed by atoms with Crippen molar-refractivity contribution in [2.45, 2.75) is 17.3 Å². The van der Waals surface area contributed by atoms with E-state index in [2.05, 4.69) is 20.2 Å². The van der Waals surface area contributed by atoms with E-state index in [1.807, 2.05) is 54.9 Å². The zero-order valence-electron chi connectivity index (χ0n) is 14.4. The molecule has 26 heavy (non-hydrogen) atoms. The van der Waals surface area contributed by atoms with E-state index in [1.54, 1.807) is 18.6 Å². The van der Waals surface area contributed by atoms with Crippen LogP contribution in [0.25, 0.3) is 22.3 Å². The second-order valence-electron chi connectivity index (χ2n) is 5.98. The van der Waals surface area contributed by atoms with Crippen LogP contribution in [0.5, 0.6) is 0 Å². The zero-order chi connectivity index (χ0) is 18.1. The van der Waals surface area contributed by atoms with Gasteiger partial charge in [0.2, 0.25) is 0 Å². The maximum Gasteiger partial charge on any atom is 0.191 e. The van der Waals surface area contributed by atoms with Crippen LogP contribution in [0.1, 0.15) is 17.3 Å². The van der Waals surface area contributed by atoms with Crippen molar-refractivity contribution in [3.8, 4) is 11.4 Å². The van der Waals surface area contributed by atoms with Gasteiger partial charge < -0.3 is 9.55 Å². The Morgan fingerprint density at radius 3 is 2.85 bits per heavy atom. The predicted octanol–water partition coefficient (Wildman–Crippen LogP) is 3.72. The first kappa shape index (κ1) is 16.5. The average Bonchev–Trinajstić information content (AvgIpc) is 3.26. The summed E-state index contributed by atoms with van der Waals surface area (Å²) in [5, 5.41) is 9.86. The summed E-state index contributed by atoms with van der Waals surface area (Å²) in [6.07, 6.45) is 5.25. The van der Waals surface area contributed by atoms with Crippen molar-refractivity contribution in [3.63, 3.8) is 0 Å². The molecule has 0 saturated carbocycles. The highest BCUT2D eigenvalue weighted by Gasteiger charge is 2.22. The number of aromatic nitrogens is 5. The number of benzene rings is 1.